The normalized spacial score (nSPS) is 13.1. The highest BCUT2D eigenvalue weighted by Crippen LogP contribution is 2.60. The molecule has 0 N–H and O–H groups in total. The second-order valence-electron chi connectivity index (χ2n) is 3.37. The minimum Gasteiger partial charge on any atom is -0.384 e. The Morgan fingerprint density at radius 3 is 2.35 bits per heavy atom. The summed E-state index contributed by atoms with van der Waals surface area (Å²) in [6, 6.07) is 0. The summed E-state index contributed by atoms with van der Waals surface area (Å²) in [6.45, 7) is 4.20. The molecule has 0 atom stereocenters. The Morgan fingerprint density at radius 1 is 1.29 bits per heavy atom. The molecule has 17 heavy (non-hydrogen) atoms. The van der Waals surface area contributed by atoms with Gasteiger partial charge in [0.05, 0.1) is 13.2 Å². The first-order chi connectivity index (χ1) is 8.08. The van der Waals surface area contributed by atoms with Crippen LogP contribution in [0.3, 0.4) is 0 Å². The topological polar surface area (TPSA) is 44.8 Å². The van der Waals surface area contributed by atoms with Crippen molar-refractivity contribution in [2.45, 2.75) is 27.2 Å². The zero-order chi connectivity index (χ0) is 13.1. The number of methoxy groups -OCH3 is 1. The van der Waals surface area contributed by atoms with Crippen molar-refractivity contribution in [3.05, 3.63) is 11.6 Å². The van der Waals surface area contributed by atoms with E-state index in [4.69, 9.17) is 13.8 Å². The largest absolute Gasteiger partial charge is 0.389 e. The molecule has 0 bridgehead atoms. The molecule has 0 amide bonds. The van der Waals surface area contributed by atoms with Crippen LogP contribution >= 0.6 is 18.2 Å². The summed E-state index contributed by atoms with van der Waals surface area (Å²) in [5, 5.41) is 0. The van der Waals surface area contributed by atoms with Crippen molar-refractivity contribution >= 4 is 18.2 Å². The predicted molar refractivity (Wildman–Crippen MR) is 73.6 cm³/mol. The monoisotopic (exact) mass is 282 g/mol. The van der Waals surface area contributed by atoms with E-state index >= 15 is 0 Å². The molecule has 0 fully saturated rings. The molecule has 0 spiro atoms. The van der Waals surface area contributed by atoms with Crippen molar-refractivity contribution in [3.63, 3.8) is 0 Å². The Hall–Kier alpha value is 0.200. The van der Waals surface area contributed by atoms with Gasteiger partial charge in [-0.15, -0.1) is 0 Å². The van der Waals surface area contributed by atoms with Crippen molar-refractivity contribution in [3.8, 4) is 0 Å². The average molecular weight is 282 g/mol. The first-order valence-corrected chi connectivity index (χ1v) is 8.89. The quantitative estimate of drug-likeness (QED) is 0.449. The molecule has 0 aliphatic rings. The molecule has 0 aromatic carbocycles. The van der Waals surface area contributed by atoms with Crippen molar-refractivity contribution < 1.29 is 18.3 Å². The molecule has 0 unspecified atom stereocenters. The fraction of sp³-hybridized carbons (Fsp3) is 0.818. The van der Waals surface area contributed by atoms with E-state index in [1.807, 2.05) is 26.8 Å². The molecule has 0 heterocycles. The highest BCUT2D eigenvalue weighted by molar-refractivity contribution is 8.55. The Balaban J connectivity index is 4.08. The van der Waals surface area contributed by atoms with Crippen LogP contribution in [0.2, 0.25) is 0 Å². The lowest BCUT2D eigenvalue weighted by Crippen LogP contribution is -1.93. The van der Waals surface area contributed by atoms with Crippen molar-refractivity contribution in [2.24, 2.45) is 0 Å². The molecule has 0 saturated carbocycles. The summed E-state index contributed by atoms with van der Waals surface area (Å²) in [5.41, 5.74) is 1.22. The maximum absolute atomic E-state index is 12.1. The van der Waals surface area contributed by atoms with Crippen molar-refractivity contribution in [2.75, 3.05) is 32.7 Å². The number of hydrogen-bond acceptors (Lipinski definition) is 5. The van der Waals surface area contributed by atoms with Gasteiger partial charge >= 0.3 is 6.80 Å². The summed E-state index contributed by atoms with van der Waals surface area (Å²) >= 11 is 1.23. The van der Waals surface area contributed by atoms with Gasteiger partial charge in [-0.2, -0.15) is 0 Å². The van der Waals surface area contributed by atoms with Gasteiger partial charge in [-0.05, 0) is 38.6 Å². The lowest BCUT2D eigenvalue weighted by atomic mass is 10.2. The minimum absolute atomic E-state index is 0.399. The molecule has 0 saturated heterocycles. The molecule has 102 valence electrons. The van der Waals surface area contributed by atoms with E-state index in [0.29, 0.717) is 25.6 Å². The van der Waals surface area contributed by atoms with Crippen molar-refractivity contribution in [1.29, 1.82) is 0 Å². The van der Waals surface area contributed by atoms with Crippen molar-refractivity contribution in [1.82, 2.24) is 0 Å². The Bertz CT molecular complexity index is 258. The predicted octanol–water partition coefficient (Wildman–Crippen LogP) is 3.88. The fourth-order valence-corrected chi connectivity index (χ4v) is 4.31. The van der Waals surface area contributed by atoms with Crippen LogP contribution in [0, 0.1) is 0 Å². The summed E-state index contributed by atoms with van der Waals surface area (Å²) in [5.74, 6) is 0.632. The van der Waals surface area contributed by atoms with Gasteiger partial charge in [0, 0.05) is 19.5 Å². The summed E-state index contributed by atoms with van der Waals surface area (Å²) in [7, 11) is 1.68. The van der Waals surface area contributed by atoms with E-state index in [1.165, 1.54) is 17.0 Å². The maximum atomic E-state index is 12.1. The average Bonchev–Trinajstić information content (AvgIpc) is 2.27. The Kier molecular flexibility index (Phi) is 10.3. The zero-order valence-electron chi connectivity index (χ0n) is 11.1. The number of hydrogen-bond donors (Lipinski definition) is 0. The molecule has 0 rings (SSSR count). The van der Waals surface area contributed by atoms with Gasteiger partial charge in [-0.1, -0.05) is 11.6 Å². The highest BCUT2D eigenvalue weighted by Gasteiger charge is 2.23. The third kappa shape index (κ3) is 8.86. The van der Waals surface area contributed by atoms with Gasteiger partial charge in [-0.25, -0.2) is 4.57 Å². The van der Waals surface area contributed by atoms with E-state index in [2.05, 4.69) is 0 Å². The molecule has 0 aromatic rings. The van der Waals surface area contributed by atoms with Crippen LogP contribution in [0.1, 0.15) is 27.2 Å². The lowest BCUT2D eigenvalue weighted by molar-refractivity contribution is 0.202. The summed E-state index contributed by atoms with van der Waals surface area (Å²) in [6.07, 6.45) is 2.93. The van der Waals surface area contributed by atoms with Crippen LogP contribution in [0.4, 0.5) is 0 Å². The molecule has 4 nitrogen and oxygen atoms in total. The molecule has 0 aromatic heterocycles. The molecule has 0 aliphatic carbocycles. The van der Waals surface area contributed by atoms with Gasteiger partial charge in [0.15, 0.2) is 0 Å². The fourth-order valence-electron chi connectivity index (χ4n) is 1.06. The van der Waals surface area contributed by atoms with E-state index in [0.717, 1.165) is 6.42 Å². The molecule has 0 radical (unpaired) electrons. The second kappa shape index (κ2) is 10.2. The van der Waals surface area contributed by atoms with Crippen LogP contribution in [0.5, 0.6) is 0 Å². The third-order valence-corrected chi connectivity index (χ3v) is 5.75. The molecular formula is C11H23O4PS. The zero-order valence-corrected chi connectivity index (χ0v) is 12.8. The maximum Gasteiger partial charge on any atom is 0.389 e. The third-order valence-electron chi connectivity index (χ3n) is 1.94. The highest BCUT2D eigenvalue weighted by atomic mass is 32.7. The summed E-state index contributed by atoms with van der Waals surface area (Å²) < 4.78 is 27.4. The van der Waals surface area contributed by atoms with Gasteiger partial charge in [0.25, 0.3) is 0 Å². The van der Waals surface area contributed by atoms with E-state index < -0.39 is 6.80 Å². The minimum atomic E-state index is -2.96. The SMILES string of the molecule is CCOP(=O)(OCC)SC/C=C(\C)CCOC. The lowest BCUT2D eigenvalue weighted by Gasteiger charge is -2.14. The van der Waals surface area contributed by atoms with E-state index in [9.17, 15) is 4.57 Å². The van der Waals surface area contributed by atoms with Crippen LogP contribution in [0.15, 0.2) is 11.6 Å². The van der Waals surface area contributed by atoms with Gasteiger partial charge < -0.3 is 13.8 Å². The van der Waals surface area contributed by atoms with E-state index in [-0.39, 0.29) is 0 Å². The van der Waals surface area contributed by atoms with Crippen LogP contribution in [-0.4, -0.2) is 32.7 Å². The Morgan fingerprint density at radius 2 is 1.88 bits per heavy atom. The Labute approximate surface area is 108 Å². The van der Waals surface area contributed by atoms with Gasteiger partial charge in [0.1, 0.15) is 0 Å². The first kappa shape index (κ1) is 17.2. The van der Waals surface area contributed by atoms with Gasteiger partial charge in [0.2, 0.25) is 0 Å². The molecule has 6 heteroatoms. The van der Waals surface area contributed by atoms with Crippen LogP contribution in [0.25, 0.3) is 0 Å². The first-order valence-electron chi connectivity index (χ1n) is 5.76. The number of rotatable bonds is 10. The molecule has 0 aliphatic heterocycles. The van der Waals surface area contributed by atoms with Crippen LogP contribution in [-0.2, 0) is 18.3 Å². The smallest absolute Gasteiger partial charge is 0.384 e. The standard InChI is InChI=1S/C11H23O4PS/c1-5-14-16(12,15-6-2)17-10-8-11(3)7-9-13-4/h8H,5-7,9-10H2,1-4H3/b11-8+. The van der Waals surface area contributed by atoms with E-state index in [1.54, 1.807) is 7.11 Å². The van der Waals surface area contributed by atoms with Crippen LogP contribution < -0.4 is 0 Å². The second-order valence-corrected chi connectivity index (χ2v) is 7.49. The molecular weight excluding hydrogens is 259 g/mol. The summed E-state index contributed by atoms with van der Waals surface area (Å²) in [4.78, 5) is 0. The van der Waals surface area contributed by atoms with Gasteiger partial charge in [-0.3, -0.25) is 0 Å². The number of ether oxygens (including phenoxy) is 1.